The maximum atomic E-state index is 13.5. The van der Waals surface area contributed by atoms with E-state index in [0.717, 1.165) is 16.5 Å². The van der Waals surface area contributed by atoms with Gasteiger partial charge < -0.3 is 33.9 Å². The number of carbonyl (C=O) groups is 3. The van der Waals surface area contributed by atoms with Crippen LogP contribution in [0.2, 0.25) is 0 Å². The molecule has 0 aromatic heterocycles. The summed E-state index contributed by atoms with van der Waals surface area (Å²) in [7, 11) is 1.22. The van der Waals surface area contributed by atoms with Crippen molar-refractivity contribution in [3.8, 4) is 0 Å². The van der Waals surface area contributed by atoms with E-state index in [2.05, 4.69) is 15.9 Å². The number of amides is 2. The Morgan fingerprint density at radius 1 is 1.12 bits per heavy atom. The molecule has 2 N–H and O–H groups in total. The minimum atomic E-state index is -1.96. The van der Waals surface area contributed by atoms with Crippen molar-refractivity contribution in [3.05, 3.63) is 82.3 Å². The highest BCUT2D eigenvalue weighted by Gasteiger charge is 2.51. The molecule has 1 saturated heterocycles. The van der Waals surface area contributed by atoms with Gasteiger partial charge in [-0.15, -0.1) is 0 Å². The standard InChI is InChI=1S/C31H36BrNO10/c1-20-26(22-12-7-4-8-13-22)42-30(37)33(20)29(36)28(39-2)27-24(35)16-25(32)31(38,43-27)14-9-15-40-19-23(17-34)41-18-21-10-5-3-6-11-21/h3-8,10-13,16,20,23,26-28,34,38H,9,14-15,17-19H2,1-2H3/t20-,23+,26-,27+,28-,31+/m0/s1. The molecule has 2 aromatic rings. The third-order valence-electron chi connectivity index (χ3n) is 7.29. The number of rotatable bonds is 14. The lowest BCUT2D eigenvalue weighted by Crippen LogP contribution is -2.56. The third kappa shape index (κ3) is 7.95. The molecule has 4 rings (SSSR count). The van der Waals surface area contributed by atoms with E-state index in [4.69, 9.17) is 23.7 Å². The number of aliphatic hydroxyl groups excluding tert-OH is 1. The Balaban J connectivity index is 1.33. The average molecular weight is 663 g/mol. The Bertz CT molecular complexity index is 1280. The van der Waals surface area contributed by atoms with E-state index in [-0.39, 0.29) is 30.7 Å². The normalized spacial score (nSPS) is 25.3. The summed E-state index contributed by atoms with van der Waals surface area (Å²) in [4.78, 5) is 40.2. The largest absolute Gasteiger partial charge is 0.439 e. The second-order valence-electron chi connectivity index (χ2n) is 10.3. The maximum Gasteiger partial charge on any atom is 0.417 e. The predicted octanol–water partition coefficient (Wildman–Crippen LogP) is 3.42. The summed E-state index contributed by atoms with van der Waals surface area (Å²) in [6.07, 6.45) is -3.69. The molecule has 2 amide bonds. The number of carbonyl (C=O) groups excluding carboxylic acids is 3. The van der Waals surface area contributed by atoms with E-state index in [1.807, 2.05) is 36.4 Å². The summed E-state index contributed by atoms with van der Waals surface area (Å²) in [6, 6.07) is 17.9. The molecule has 12 heteroatoms. The zero-order valence-electron chi connectivity index (χ0n) is 24.0. The molecule has 6 atom stereocenters. The lowest BCUT2D eigenvalue weighted by Gasteiger charge is -2.38. The Morgan fingerprint density at radius 3 is 2.44 bits per heavy atom. The van der Waals surface area contributed by atoms with Gasteiger partial charge >= 0.3 is 6.09 Å². The molecule has 0 radical (unpaired) electrons. The lowest BCUT2D eigenvalue weighted by atomic mass is 9.98. The SMILES string of the molecule is CO[C@H](C(=O)N1C(=O)O[C@H](c2ccccc2)[C@@H]1C)[C@@H]1O[C@](O)(CCCOC[C@@H](CO)OCc2ccccc2)C(Br)=CC1=O. The summed E-state index contributed by atoms with van der Waals surface area (Å²) in [5, 5.41) is 20.9. The first-order valence-electron chi connectivity index (χ1n) is 14.0. The van der Waals surface area contributed by atoms with Crippen LogP contribution in [0.15, 0.2) is 71.2 Å². The summed E-state index contributed by atoms with van der Waals surface area (Å²) in [5.74, 6) is -3.39. The second-order valence-corrected chi connectivity index (χ2v) is 11.2. The Labute approximate surface area is 258 Å². The maximum absolute atomic E-state index is 13.5. The number of ketones is 1. The van der Waals surface area contributed by atoms with E-state index in [9.17, 15) is 24.6 Å². The van der Waals surface area contributed by atoms with E-state index in [0.29, 0.717) is 18.6 Å². The van der Waals surface area contributed by atoms with Crippen molar-refractivity contribution in [1.82, 2.24) is 4.90 Å². The van der Waals surface area contributed by atoms with Crippen molar-refractivity contribution in [2.75, 3.05) is 26.9 Å². The molecular formula is C31H36BrNO10. The fourth-order valence-corrected chi connectivity index (χ4v) is 5.46. The van der Waals surface area contributed by atoms with Crippen molar-refractivity contribution in [2.24, 2.45) is 0 Å². The zero-order valence-corrected chi connectivity index (χ0v) is 25.6. The van der Waals surface area contributed by atoms with E-state index in [1.165, 1.54) is 7.11 Å². The molecule has 2 heterocycles. The highest BCUT2D eigenvalue weighted by atomic mass is 79.9. The first-order valence-corrected chi connectivity index (χ1v) is 14.7. The Hall–Kier alpha value is -2.97. The van der Waals surface area contributed by atoms with Crippen molar-refractivity contribution >= 4 is 33.7 Å². The number of benzene rings is 2. The predicted molar refractivity (Wildman–Crippen MR) is 157 cm³/mol. The number of imide groups is 1. The van der Waals surface area contributed by atoms with Gasteiger partial charge in [0.05, 0.1) is 30.3 Å². The van der Waals surface area contributed by atoms with Crippen LogP contribution in [-0.2, 0) is 39.9 Å². The molecule has 2 aliphatic heterocycles. The first kappa shape index (κ1) is 32.9. The van der Waals surface area contributed by atoms with Crippen molar-refractivity contribution in [2.45, 2.75) is 62.6 Å². The first-order chi connectivity index (χ1) is 20.7. The molecule has 232 valence electrons. The van der Waals surface area contributed by atoms with Crippen LogP contribution in [0.1, 0.15) is 37.0 Å². The molecule has 2 aliphatic rings. The molecule has 0 spiro atoms. The molecule has 0 saturated carbocycles. The van der Waals surface area contributed by atoms with E-state index < -0.39 is 54.0 Å². The third-order valence-corrected chi connectivity index (χ3v) is 8.14. The second kappa shape index (κ2) is 15.2. The Kier molecular flexibility index (Phi) is 11.6. The van der Waals surface area contributed by atoms with Crippen LogP contribution >= 0.6 is 15.9 Å². The number of methoxy groups -OCH3 is 1. The highest BCUT2D eigenvalue weighted by molar-refractivity contribution is 9.11. The van der Waals surface area contributed by atoms with Gasteiger partial charge in [0.2, 0.25) is 0 Å². The monoisotopic (exact) mass is 661 g/mol. The van der Waals surface area contributed by atoms with Crippen LogP contribution < -0.4 is 0 Å². The van der Waals surface area contributed by atoms with Gasteiger partial charge in [0.15, 0.2) is 23.8 Å². The van der Waals surface area contributed by atoms with E-state index in [1.54, 1.807) is 31.2 Å². The van der Waals surface area contributed by atoms with Crippen LogP contribution in [-0.4, -0.2) is 90.0 Å². The lowest BCUT2D eigenvalue weighted by molar-refractivity contribution is -0.227. The molecule has 43 heavy (non-hydrogen) atoms. The summed E-state index contributed by atoms with van der Waals surface area (Å²) in [6.45, 7) is 2.10. The smallest absolute Gasteiger partial charge is 0.417 e. The fraction of sp³-hybridized carbons (Fsp3) is 0.452. The summed E-state index contributed by atoms with van der Waals surface area (Å²) < 4.78 is 28.1. The van der Waals surface area contributed by atoms with Crippen LogP contribution in [0.3, 0.4) is 0 Å². The zero-order chi connectivity index (χ0) is 31.0. The van der Waals surface area contributed by atoms with E-state index >= 15 is 0 Å². The molecule has 0 bridgehead atoms. The fourth-order valence-electron chi connectivity index (χ4n) is 4.94. The molecule has 0 unspecified atom stereocenters. The number of hydrogen-bond donors (Lipinski definition) is 2. The average Bonchev–Trinajstić information content (AvgIpc) is 3.31. The Morgan fingerprint density at radius 2 is 1.79 bits per heavy atom. The topological polar surface area (TPSA) is 141 Å². The van der Waals surface area contributed by atoms with Crippen molar-refractivity contribution < 1.29 is 48.3 Å². The van der Waals surface area contributed by atoms with Gasteiger partial charge in [-0.1, -0.05) is 60.7 Å². The summed E-state index contributed by atoms with van der Waals surface area (Å²) >= 11 is 3.21. The summed E-state index contributed by atoms with van der Waals surface area (Å²) in [5.41, 5.74) is 1.69. The van der Waals surface area contributed by atoms with Gasteiger partial charge in [-0.2, -0.15) is 0 Å². The van der Waals surface area contributed by atoms with Gasteiger partial charge in [0, 0.05) is 20.1 Å². The molecule has 2 aromatic carbocycles. The number of ether oxygens (including phenoxy) is 5. The van der Waals surface area contributed by atoms with Crippen LogP contribution in [0, 0.1) is 0 Å². The van der Waals surface area contributed by atoms with Gasteiger partial charge in [0.1, 0.15) is 12.2 Å². The minimum Gasteiger partial charge on any atom is -0.439 e. The van der Waals surface area contributed by atoms with Crippen molar-refractivity contribution in [3.63, 3.8) is 0 Å². The van der Waals surface area contributed by atoms with Gasteiger partial charge in [-0.25, -0.2) is 9.69 Å². The molecule has 1 fully saturated rings. The number of cyclic esters (lactones) is 1. The quantitative estimate of drug-likeness (QED) is 0.289. The minimum absolute atomic E-state index is 0.00535. The number of aliphatic hydroxyl groups is 2. The van der Waals surface area contributed by atoms with Crippen LogP contribution in [0.25, 0.3) is 0 Å². The molecule has 0 aliphatic carbocycles. The molecular weight excluding hydrogens is 626 g/mol. The van der Waals surface area contributed by atoms with Gasteiger partial charge in [-0.3, -0.25) is 9.59 Å². The van der Waals surface area contributed by atoms with Gasteiger partial charge in [0.25, 0.3) is 5.91 Å². The highest BCUT2D eigenvalue weighted by Crippen LogP contribution is 2.37. The van der Waals surface area contributed by atoms with Crippen LogP contribution in [0.4, 0.5) is 4.79 Å². The van der Waals surface area contributed by atoms with Crippen LogP contribution in [0.5, 0.6) is 0 Å². The number of nitrogens with zero attached hydrogens (tertiary/aromatic N) is 1. The molecule has 11 nitrogen and oxygen atoms in total. The number of halogens is 1. The number of hydrogen-bond acceptors (Lipinski definition) is 10. The van der Waals surface area contributed by atoms with Gasteiger partial charge in [-0.05, 0) is 46.5 Å². The van der Waals surface area contributed by atoms with Crippen molar-refractivity contribution in [1.29, 1.82) is 0 Å².